The Balaban J connectivity index is 1.25. The Labute approximate surface area is 295 Å². The van der Waals surface area contributed by atoms with Gasteiger partial charge >= 0.3 is 6.18 Å². The molecule has 15 heteroatoms. The smallest absolute Gasteiger partial charge is 0.390 e. The van der Waals surface area contributed by atoms with Crippen LogP contribution in [-0.4, -0.2) is 57.5 Å². The molecule has 50 heavy (non-hydrogen) atoms. The Morgan fingerprint density at radius 1 is 0.980 bits per heavy atom. The average Bonchev–Trinajstić information content (AvgIpc) is 3.71. The van der Waals surface area contributed by atoms with Crippen molar-refractivity contribution >= 4 is 34.6 Å². The Morgan fingerprint density at radius 3 is 2.36 bits per heavy atom. The van der Waals surface area contributed by atoms with Crippen molar-refractivity contribution in [2.24, 2.45) is 7.05 Å². The second kappa shape index (κ2) is 14.8. The highest BCUT2D eigenvalue weighted by molar-refractivity contribution is 6.39. The van der Waals surface area contributed by atoms with Crippen molar-refractivity contribution in [3.05, 3.63) is 92.6 Å². The quantitative estimate of drug-likeness (QED) is 0.132. The molecule has 0 radical (unpaired) electrons. The van der Waals surface area contributed by atoms with Crippen LogP contribution in [0.15, 0.2) is 65.6 Å². The number of halogens is 5. The predicted molar refractivity (Wildman–Crippen MR) is 186 cm³/mol. The first kappa shape index (κ1) is 35.4. The van der Waals surface area contributed by atoms with E-state index in [1.54, 1.807) is 19.4 Å². The first-order chi connectivity index (χ1) is 23.9. The molecule has 0 unspecified atom stereocenters. The van der Waals surface area contributed by atoms with Crippen LogP contribution in [-0.2, 0) is 24.9 Å². The largest absolute Gasteiger partial charge is 0.481 e. The Hall–Kier alpha value is -4.43. The number of hydrogen-bond acceptors (Lipinski definition) is 7. The lowest BCUT2D eigenvalue weighted by Gasteiger charge is -2.15. The predicted octanol–water partition coefficient (Wildman–Crippen LogP) is 6.15. The fraction of sp³-hybridized carbons (Fsp3) is 0.314. The summed E-state index contributed by atoms with van der Waals surface area (Å²) in [6.45, 7) is 0.841. The molecular weight excluding hydrogens is 694 g/mol. The molecule has 1 amide bonds. The summed E-state index contributed by atoms with van der Waals surface area (Å²) in [5, 5.41) is 14.3. The number of methoxy groups -OCH3 is 1. The molecule has 1 saturated heterocycles. The van der Waals surface area contributed by atoms with Crippen molar-refractivity contribution in [3.8, 4) is 39.4 Å². The van der Waals surface area contributed by atoms with E-state index in [9.17, 15) is 22.8 Å². The monoisotopic (exact) mass is 727 g/mol. The van der Waals surface area contributed by atoms with E-state index in [-0.39, 0.29) is 41.9 Å². The topological polar surface area (TPSA) is 115 Å². The molecule has 6 rings (SSSR count). The highest BCUT2D eigenvalue weighted by Crippen LogP contribution is 2.42. The number of carbonyl (C=O) groups is 1. The second-order valence-corrected chi connectivity index (χ2v) is 12.8. The molecule has 1 fully saturated rings. The van der Waals surface area contributed by atoms with Crippen LogP contribution >= 0.6 is 23.2 Å². The lowest BCUT2D eigenvalue weighted by Crippen LogP contribution is -2.35. The van der Waals surface area contributed by atoms with Gasteiger partial charge in [0.1, 0.15) is 11.3 Å². The Kier molecular flexibility index (Phi) is 10.5. The molecule has 5 aromatic rings. The third-order valence-corrected chi connectivity index (χ3v) is 9.42. The average molecular weight is 729 g/mol. The first-order valence-electron chi connectivity index (χ1n) is 15.9. The van der Waals surface area contributed by atoms with Crippen LogP contribution in [0.2, 0.25) is 10.0 Å². The minimum Gasteiger partial charge on any atom is -0.481 e. The maximum absolute atomic E-state index is 13.2. The Morgan fingerprint density at radius 2 is 1.68 bits per heavy atom. The molecule has 0 bridgehead atoms. The van der Waals surface area contributed by atoms with Gasteiger partial charge in [-0.25, -0.2) is 9.50 Å². The van der Waals surface area contributed by atoms with Gasteiger partial charge in [0, 0.05) is 78.7 Å². The number of rotatable bonds is 12. The van der Waals surface area contributed by atoms with Crippen LogP contribution < -0.4 is 26.2 Å². The van der Waals surface area contributed by atoms with Crippen molar-refractivity contribution in [2.45, 2.75) is 44.6 Å². The molecule has 262 valence electrons. The summed E-state index contributed by atoms with van der Waals surface area (Å²) in [5.41, 5.74) is 4.67. The summed E-state index contributed by atoms with van der Waals surface area (Å²) < 4.78 is 46.0. The van der Waals surface area contributed by atoms with Crippen molar-refractivity contribution in [1.82, 2.24) is 35.1 Å². The van der Waals surface area contributed by atoms with Gasteiger partial charge in [-0.1, -0.05) is 65.7 Å². The maximum atomic E-state index is 13.2. The van der Waals surface area contributed by atoms with Crippen LogP contribution in [0.25, 0.3) is 39.0 Å². The molecule has 0 saturated carbocycles. The van der Waals surface area contributed by atoms with Crippen molar-refractivity contribution in [1.29, 1.82) is 0 Å². The van der Waals surface area contributed by atoms with Gasteiger partial charge in [0.05, 0.1) is 35.8 Å². The van der Waals surface area contributed by atoms with E-state index in [0.717, 1.165) is 12.0 Å². The van der Waals surface area contributed by atoms with E-state index < -0.39 is 12.6 Å². The molecule has 3 N–H and O–H groups in total. The zero-order valence-electron chi connectivity index (χ0n) is 27.2. The minimum atomic E-state index is -4.28. The van der Waals surface area contributed by atoms with Gasteiger partial charge in [0.15, 0.2) is 0 Å². The first-order valence-corrected chi connectivity index (χ1v) is 16.7. The fourth-order valence-electron chi connectivity index (χ4n) is 5.95. The van der Waals surface area contributed by atoms with E-state index in [4.69, 9.17) is 32.9 Å². The summed E-state index contributed by atoms with van der Waals surface area (Å²) in [6.07, 6.45) is -2.26. The van der Waals surface area contributed by atoms with Crippen LogP contribution in [0.4, 0.5) is 13.2 Å². The summed E-state index contributed by atoms with van der Waals surface area (Å²) in [5.74, 6) is 0.805. The summed E-state index contributed by atoms with van der Waals surface area (Å²) in [6, 6.07) is 16.7. The molecule has 1 aliphatic rings. The minimum absolute atomic E-state index is 0.0159. The highest BCUT2D eigenvalue weighted by Gasteiger charge is 2.26. The van der Waals surface area contributed by atoms with E-state index >= 15 is 0 Å². The number of aromatic nitrogens is 4. The van der Waals surface area contributed by atoms with Gasteiger partial charge in [-0.15, -0.1) is 0 Å². The fourth-order valence-corrected chi connectivity index (χ4v) is 6.61. The third kappa shape index (κ3) is 7.65. The molecule has 1 aliphatic heterocycles. The van der Waals surface area contributed by atoms with Gasteiger partial charge in [-0.05, 0) is 18.6 Å². The molecule has 4 heterocycles. The van der Waals surface area contributed by atoms with E-state index in [1.165, 1.54) is 16.1 Å². The SMILES string of the molecule is COc1nc(-c2cccc(-c3cccc(-c4cc5c(=O)n(C)c(CNCCC(F)(F)F)nn5c4)c3Cl)c2Cl)ccc1CNC[C@@H]1CCC(=O)N1. The summed E-state index contributed by atoms with van der Waals surface area (Å²) >= 11 is 14.1. The number of pyridine rings is 1. The molecule has 3 aromatic heterocycles. The van der Waals surface area contributed by atoms with Gasteiger partial charge in [-0.3, -0.25) is 14.2 Å². The normalized spacial score (nSPS) is 14.8. The van der Waals surface area contributed by atoms with Gasteiger partial charge in [0.25, 0.3) is 5.56 Å². The number of hydrogen-bond donors (Lipinski definition) is 3. The summed E-state index contributed by atoms with van der Waals surface area (Å²) in [7, 11) is 3.09. The van der Waals surface area contributed by atoms with Crippen molar-refractivity contribution < 1.29 is 22.7 Å². The molecule has 1 atom stereocenters. The van der Waals surface area contributed by atoms with Crippen LogP contribution in [0.1, 0.15) is 30.7 Å². The molecule has 10 nitrogen and oxygen atoms in total. The number of amides is 1. The number of nitrogens with one attached hydrogen (secondary N) is 3. The molecular formula is C35H34Cl2F3N7O3. The van der Waals surface area contributed by atoms with Crippen molar-refractivity contribution in [2.75, 3.05) is 20.2 Å². The van der Waals surface area contributed by atoms with Crippen LogP contribution in [0.5, 0.6) is 5.88 Å². The lowest BCUT2D eigenvalue weighted by molar-refractivity contribution is -0.133. The molecule has 2 aromatic carbocycles. The zero-order valence-corrected chi connectivity index (χ0v) is 28.7. The highest BCUT2D eigenvalue weighted by atomic mass is 35.5. The lowest BCUT2D eigenvalue weighted by atomic mass is 9.97. The second-order valence-electron chi connectivity index (χ2n) is 12.0. The van der Waals surface area contributed by atoms with Crippen LogP contribution in [0.3, 0.4) is 0 Å². The number of fused-ring (bicyclic) bond motifs is 1. The van der Waals surface area contributed by atoms with Gasteiger partial charge < -0.3 is 20.7 Å². The standard InChI is InChI=1S/C35H34Cl2F3N7O3/c1-46-29(18-41-14-13-35(38,39)40)45-47-19-21(15-28(47)34(46)49)23-5-3-6-24(31(23)36)25-7-4-8-26(32(25)37)27-11-9-20(33(44-27)50-2)16-42-17-22-10-12-30(48)43-22/h3-9,11,15,19,22,41-42H,10,12-14,16-18H2,1-2H3,(H,43,48)/t22-/m0/s1. The third-order valence-electron chi connectivity index (χ3n) is 8.60. The number of ether oxygens (including phenoxy) is 1. The molecule has 0 spiro atoms. The molecule has 0 aliphatic carbocycles. The number of alkyl halides is 3. The Bertz CT molecular complexity index is 2120. The summed E-state index contributed by atoms with van der Waals surface area (Å²) in [4.78, 5) is 29.4. The number of benzene rings is 2. The maximum Gasteiger partial charge on any atom is 0.390 e. The number of carbonyl (C=O) groups excluding carboxylic acids is 1. The zero-order chi connectivity index (χ0) is 35.6. The van der Waals surface area contributed by atoms with E-state index in [2.05, 4.69) is 21.0 Å². The van der Waals surface area contributed by atoms with Crippen LogP contribution in [0, 0.1) is 0 Å². The number of nitrogens with zero attached hydrogens (tertiary/aromatic N) is 4. The van der Waals surface area contributed by atoms with Gasteiger partial charge in [-0.2, -0.15) is 18.3 Å². The van der Waals surface area contributed by atoms with Crippen molar-refractivity contribution in [3.63, 3.8) is 0 Å². The van der Waals surface area contributed by atoms with E-state index in [1.807, 2.05) is 48.5 Å². The van der Waals surface area contributed by atoms with E-state index in [0.29, 0.717) is 68.9 Å². The van der Waals surface area contributed by atoms with Gasteiger partial charge in [0.2, 0.25) is 11.8 Å².